The molecule has 20 heavy (non-hydrogen) atoms. The van der Waals surface area contributed by atoms with Gasteiger partial charge in [0.2, 0.25) is 5.91 Å². The number of amides is 1. The van der Waals surface area contributed by atoms with Crippen LogP contribution < -0.4 is 5.32 Å². The fraction of sp³-hybridized carbons (Fsp3) is 0.929. The van der Waals surface area contributed by atoms with Crippen LogP contribution in [0.2, 0.25) is 0 Å². The minimum Gasteiger partial charge on any atom is -0.339 e. The third-order valence-corrected chi connectivity index (χ3v) is 5.53. The molecule has 118 valence electrons. The minimum atomic E-state index is -2.93. The Hall–Kier alpha value is -0.620. The van der Waals surface area contributed by atoms with Crippen LogP contribution in [0.15, 0.2) is 0 Å². The van der Waals surface area contributed by atoms with Crippen LogP contribution in [0.3, 0.4) is 0 Å². The highest BCUT2D eigenvalue weighted by Crippen LogP contribution is 2.18. The maximum absolute atomic E-state index is 12.2. The molecule has 0 bridgehead atoms. The van der Waals surface area contributed by atoms with Crippen molar-refractivity contribution < 1.29 is 13.2 Å². The molecule has 0 radical (unpaired) electrons. The topological polar surface area (TPSA) is 66.5 Å². The highest BCUT2D eigenvalue weighted by atomic mass is 32.2. The van der Waals surface area contributed by atoms with Crippen LogP contribution in [0.4, 0.5) is 0 Å². The lowest BCUT2D eigenvalue weighted by Crippen LogP contribution is -2.42. The van der Waals surface area contributed by atoms with Crippen LogP contribution in [0.25, 0.3) is 0 Å². The molecule has 1 heterocycles. The van der Waals surface area contributed by atoms with Crippen molar-refractivity contribution >= 4 is 15.7 Å². The lowest BCUT2D eigenvalue weighted by atomic mass is 10.2. The molecule has 1 N–H and O–H groups in total. The summed E-state index contributed by atoms with van der Waals surface area (Å²) in [5, 5.41) is 3.27. The van der Waals surface area contributed by atoms with Crippen LogP contribution in [-0.4, -0.2) is 56.4 Å². The Balaban J connectivity index is 2.29. The van der Waals surface area contributed by atoms with Crippen molar-refractivity contribution in [1.82, 2.24) is 10.2 Å². The van der Waals surface area contributed by atoms with Crippen LogP contribution in [0.5, 0.6) is 0 Å². The number of nitrogens with zero attached hydrogens (tertiary/aromatic N) is 1. The summed E-state index contributed by atoms with van der Waals surface area (Å²) in [5.74, 6) is 0.422. The normalized spacial score (nSPS) is 21.0. The molecule has 0 spiro atoms. The molecule has 0 aromatic rings. The smallest absolute Gasteiger partial charge is 0.224 e. The van der Waals surface area contributed by atoms with Crippen molar-refractivity contribution in [2.24, 2.45) is 0 Å². The molecule has 1 aliphatic heterocycles. The van der Waals surface area contributed by atoms with E-state index < -0.39 is 9.84 Å². The van der Waals surface area contributed by atoms with Gasteiger partial charge in [-0.05, 0) is 26.3 Å². The van der Waals surface area contributed by atoms with E-state index in [1.807, 2.05) is 6.92 Å². The molecule has 0 saturated carbocycles. The van der Waals surface area contributed by atoms with Gasteiger partial charge in [-0.3, -0.25) is 4.79 Å². The van der Waals surface area contributed by atoms with Crippen molar-refractivity contribution in [3.05, 3.63) is 0 Å². The fourth-order valence-electron chi connectivity index (χ4n) is 2.62. The minimum absolute atomic E-state index is 0.0672. The SMILES string of the molecule is CCCCCNCCC(=O)N(CC)C1CCS(=O)(=O)C1. The summed E-state index contributed by atoms with van der Waals surface area (Å²) in [6.45, 7) is 6.30. The maximum atomic E-state index is 12.2. The van der Waals surface area contributed by atoms with Gasteiger partial charge in [-0.15, -0.1) is 0 Å². The number of hydrogen-bond donors (Lipinski definition) is 1. The molecule has 0 aliphatic carbocycles. The predicted molar refractivity (Wildman–Crippen MR) is 81.5 cm³/mol. The van der Waals surface area contributed by atoms with Gasteiger partial charge in [0.1, 0.15) is 0 Å². The van der Waals surface area contributed by atoms with Crippen molar-refractivity contribution in [2.45, 2.75) is 52.0 Å². The largest absolute Gasteiger partial charge is 0.339 e. The second-order valence-electron chi connectivity index (χ2n) is 5.44. The van der Waals surface area contributed by atoms with E-state index in [0.717, 1.165) is 13.0 Å². The summed E-state index contributed by atoms with van der Waals surface area (Å²) in [6.07, 6.45) is 4.59. The number of carbonyl (C=O) groups is 1. The number of sulfone groups is 1. The summed E-state index contributed by atoms with van der Waals surface area (Å²) in [4.78, 5) is 13.9. The van der Waals surface area contributed by atoms with Crippen molar-refractivity contribution in [2.75, 3.05) is 31.1 Å². The first-order chi connectivity index (χ1) is 9.50. The van der Waals surface area contributed by atoms with E-state index in [9.17, 15) is 13.2 Å². The molecule has 6 heteroatoms. The zero-order valence-corrected chi connectivity index (χ0v) is 13.5. The monoisotopic (exact) mass is 304 g/mol. The zero-order valence-electron chi connectivity index (χ0n) is 12.7. The molecule has 1 unspecified atom stereocenters. The van der Waals surface area contributed by atoms with Gasteiger partial charge in [0.05, 0.1) is 11.5 Å². The molecule has 1 rings (SSSR count). The van der Waals surface area contributed by atoms with Crippen LogP contribution in [0.1, 0.15) is 46.0 Å². The molecule has 1 aliphatic rings. The summed E-state index contributed by atoms with van der Waals surface area (Å²) >= 11 is 0. The Labute approximate surface area is 123 Å². The summed E-state index contributed by atoms with van der Waals surface area (Å²) in [7, 11) is -2.93. The summed E-state index contributed by atoms with van der Waals surface area (Å²) < 4.78 is 23.0. The second-order valence-corrected chi connectivity index (χ2v) is 7.67. The Bertz CT molecular complexity index is 395. The van der Waals surface area contributed by atoms with E-state index in [1.165, 1.54) is 12.8 Å². The third-order valence-electron chi connectivity index (χ3n) is 3.78. The molecule has 0 aromatic carbocycles. The van der Waals surface area contributed by atoms with E-state index in [4.69, 9.17) is 0 Å². The molecule has 0 aromatic heterocycles. The predicted octanol–water partition coefficient (Wildman–Crippen LogP) is 1.19. The number of hydrogen-bond acceptors (Lipinski definition) is 4. The zero-order chi connectivity index (χ0) is 15.0. The average Bonchev–Trinajstić information content (AvgIpc) is 2.75. The van der Waals surface area contributed by atoms with Crippen molar-refractivity contribution in [3.8, 4) is 0 Å². The van der Waals surface area contributed by atoms with E-state index in [1.54, 1.807) is 4.90 Å². The van der Waals surface area contributed by atoms with Gasteiger partial charge in [-0.25, -0.2) is 8.42 Å². The Morgan fingerprint density at radius 3 is 2.55 bits per heavy atom. The lowest BCUT2D eigenvalue weighted by molar-refractivity contribution is -0.132. The number of nitrogens with one attached hydrogen (secondary N) is 1. The van der Waals surface area contributed by atoms with Crippen molar-refractivity contribution in [3.63, 3.8) is 0 Å². The van der Waals surface area contributed by atoms with Crippen LogP contribution >= 0.6 is 0 Å². The van der Waals surface area contributed by atoms with Gasteiger partial charge >= 0.3 is 0 Å². The van der Waals surface area contributed by atoms with Crippen molar-refractivity contribution in [1.29, 1.82) is 0 Å². The molecule has 5 nitrogen and oxygen atoms in total. The Morgan fingerprint density at radius 1 is 1.25 bits per heavy atom. The molecule has 1 amide bonds. The van der Waals surface area contributed by atoms with Gasteiger partial charge in [-0.1, -0.05) is 19.8 Å². The first-order valence-electron chi connectivity index (χ1n) is 7.70. The number of unbranched alkanes of at least 4 members (excludes halogenated alkanes) is 2. The molecular weight excluding hydrogens is 276 g/mol. The lowest BCUT2D eigenvalue weighted by Gasteiger charge is -2.27. The van der Waals surface area contributed by atoms with E-state index >= 15 is 0 Å². The summed E-state index contributed by atoms with van der Waals surface area (Å²) in [5.41, 5.74) is 0. The first-order valence-corrected chi connectivity index (χ1v) is 9.53. The highest BCUT2D eigenvalue weighted by Gasteiger charge is 2.33. The van der Waals surface area contributed by atoms with Crippen LogP contribution in [-0.2, 0) is 14.6 Å². The van der Waals surface area contributed by atoms with Crippen LogP contribution in [0, 0.1) is 0 Å². The maximum Gasteiger partial charge on any atom is 0.224 e. The van der Waals surface area contributed by atoms with Gasteiger partial charge in [-0.2, -0.15) is 0 Å². The standard InChI is InChI=1S/C14H28N2O3S/c1-3-5-6-9-15-10-7-14(17)16(4-2)13-8-11-20(18,19)12-13/h13,15H,3-12H2,1-2H3. The van der Waals surface area contributed by atoms with Gasteiger partial charge in [0, 0.05) is 25.6 Å². The van der Waals surface area contributed by atoms with E-state index in [0.29, 0.717) is 25.9 Å². The second kappa shape index (κ2) is 8.62. The van der Waals surface area contributed by atoms with Gasteiger partial charge in [0.15, 0.2) is 9.84 Å². The van der Waals surface area contributed by atoms with E-state index in [2.05, 4.69) is 12.2 Å². The van der Waals surface area contributed by atoms with E-state index in [-0.39, 0.29) is 23.5 Å². The Morgan fingerprint density at radius 2 is 2.00 bits per heavy atom. The molecule has 1 atom stereocenters. The fourth-order valence-corrected chi connectivity index (χ4v) is 4.35. The molecule has 1 fully saturated rings. The van der Waals surface area contributed by atoms with Gasteiger partial charge < -0.3 is 10.2 Å². The Kier molecular flexibility index (Phi) is 7.51. The molecule has 1 saturated heterocycles. The number of rotatable bonds is 9. The number of carbonyl (C=O) groups excluding carboxylic acids is 1. The first kappa shape index (κ1) is 17.4. The summed E-state index contributed by atoms with van der Waals surface area (Å²) in [6, 6.07) is -0.113. The molecular formula is C14H28N2O3S. The highest BCUT2D eigenvalue weighted by molar-refractivity contribution is 7.91. The third kappa shape index (κ3) is 5.79. The average molecular weight is 304 g/mol. The quantitative estimate of drug-likeness (QED) is 0.650. The van der Waals surface area contributed by atoms with Gasteiger partial charge in [0.25, 0.3) is 0 Å².